The third kappa shape index (κ3) is 4.23. The summed E-state index contributed by atoms with van der Waals surface area (Å²) in [6.45, 7) is 0.986. The second-order valence-corrected chi connectivity index (χ2v) is 7.47. The van der Waals surface area contributed by atoms with Crippen molar-refractivity contribution in [2.24, 2.45) is 0 Å². The summed E-state index contributed by atoms with van der Waals surface area (Å²) in [4.78, 5) is 12.7. The van der Waals surface area contributed by atoms with E-state index in [2.05, 4.69) is 28.8 Å². The molecule has 2 aromatic carbocycles. The van der Waals surface area contributed by atoms with Gasteiger partial charge in [0.2, 0.25) is 0 Å². The van der Waals surface area contributed by atoms with Gasteiger partial charge >= 0.3 is 6.03 Å². The van der Waals surface area contributed by atoms with Crippen molar-refractivity contribution in [1.82, 2.24) is 10.6 Å². The van der Waals surface area contributed by atoms with Gasteiger partial charge < -0.3 is 10.6 Å². The molecule has 0 bridgehead atoms. The molecule has 24 heavy (non-hydrogen) atoms. The Kier molecular flexibility index (Phi) is 5.30. The molecule has 0 aliphatic heterocycles. The molecule has 0 aromatic heterocycles. The summed E-state index contributed by atoms with van der Waals surface area (Å²) in [5, 5.41) is 5.74. The second kappa shape index (κ2) is 7.62. The molecule has 0 spiro atoms. The van der Waals surface area contributed by atoms with Gasteiger partial charge in [-0.05, 0) is 53.6 Å². The highest BCUT2D eigenvalue weighted by Crippen LogP contribution is 2.22. The first-order valence-electron chi connectivity index (χ1n) is 8.16. The number of hydrogen-bond acceptors (Lipinski definition) is 2. The van der Waals surface area contributed by atoms with Gasteiger partial charge in [-0.3, -0.25) is 4.21 Å². The van der Waals surface area contributed by atoms with Gasteiger partial charge in [-0.15, -0.1) is 0 Å². The molecule has 0 saturated carbocycles. The lowest BCUT2D eigenvalue weighted by molar-refractivity contribution is 0.240. The van der Waals surface area contributed by atoms with E-state index in [9.17, 15) is 9.00 Å². The first-order valence-corrected chi connectivity index (χ1v) is 9.72. The summed E-state index contributed by atoms with van der Waals surface area (Å²) < 4.78 is 11.3. The highest BCUT2D eigenvalue weighted by molar-refractivity contribution is 7.84. The summed E-state index contributed by atoms with van der Waals surface area (Å²) in [7, 11) is -0.974. The number of urea groups is 1. The van der Waals surface area contributed by atoms with Gasteiger partial charge in [-0.2, -0.15) is 0 Å². The van der Waals surface area contributed by atoms with Crippen molar-refractivity contribution in [3.63, 3.8) is 0 Å². The molecule has 1 atom stereocenters. The van der Waals surface area contributed by atoms with Crippen molar-refractivity contribution < 1.29 is 9.00 Å². The number of rotatable bonds is 5. The predicted octanol–water partition coefficient (Wildman–Crippen LogP) is 2.91. The standard InChI is InChI=1S/C19H22N2O2S/c1-24(23)18-9-6-14(7-10-18)12-20-19(22)21-13-15-5-8-16-3-2-4-17(16)11-15/h5-11H,2-4,12-13H2,1H3,(H2,20,21,22)/t24-/m0/s1. The van der Waals surface area contributed by atoms with E-state index in [0.29, 0.717) is 13.1 Å². The average Bonchev–Trinajstić information content (AvgIpc) is 3.06. The van der Waals surface area contributed by atoms with E-state index in [1.54, 1.807) is 6.26 Å². The summed E-state index contributed by atoms with van der Waals surface area (Å²) >= 11 is 0. The lowest BCUT2D eigenvalue weighted by Crippen LogP contribution is -2.34. The lowest BCUT2D eigenvalue weighted by atomic mass is 10.1. The van der Waals surface area contributed by atoms with Crippen LogP contribution in [-0.2, 0) is 36.7 Å². The minimum Gasteiger partial charge on any atom is -0.334 e. The molecule has 0 unspecified atom stereocenters. The second-order valence-electron chi connectivity index (χ2n) is 6.09. The number of hydrogen-bond donors (Lipinski definition) is 2. The molecule has 2 N–H and O–H groups in total. The molecule has 3 rings (SSSR count). The maximum absolute atomic E-state index is 11.9. The van der Waals surface area contributed by atoms with Crippen molar-refractivity contribution in [2.45, 2.75) is 37.2 Å². The topological polar surface area (TPSA) is 58.2 Å². The van der Waals surface area contributed by atoms with E-state index in [1.165, 1.54) is 24.0 Å². The van der Waals surface area contributed by atoms with Crippen molar-refractivity contribution in [3.8, 4) is 0 Å². The molecule has 4 nitrogen and oxygen atoms in total. The molecule has 2 amide bonds. The van der Waals surface area contributed by atoms with Crippen molar-refractivity contribution in [3.05, 3.63) is 64.7 Å². The molecular formula is C19H22N2O2S. The lowest BCUT2D eigenvalue weighted by Gasteiger charge is -2.09. The molecule has 1 aliphatic rings. The van der Waals surface area contributed by atoms with Gasteiger partial charge in [0.25, 0.3) is 0 Å². The van der Waals surface area contributed by atoms with Crippen LogP contribution in [0.1, 0.15) is 28.7 Å². The number of nitrogens with one attached hydrogen (secondary N) is 2. The molecule has 5 heteroatoms. The van der Waals surface area contributed by atoms with E-state index >= 15 is 0 Å². The number of fused-ring (bicyclic) bond motifs is 1. The van der Waals surface area contributed by atoms with Crippen molar-refractivity contribution in [1.29, 1.82) is 0 Å². The van der Waals surface area contributed by atoms with Crippen LogP contribution in [0.3, 0.4) is 0 Å². The Bertz CT molecular complexity index is 756. The van der Waals surface area contributed by atoms with Crippen LogP contribution in [-0.4, -0.2) is 16.5 Å². The highest BCUT2D eigenvalue weighted by atomic mass is 32.2. The zero-order valence-corrected chi connectivity index (χ0v) is 14.6. The number of benzene rings is 2. The third-order valence-corrected chi connectivity index (χ3v) is 5.26. The van der Waals surface area contributed by atoms with Gasteiger partial charge in [0.05, 0.1) is 0 Å². The Morgan fingerprint density at radius 1 is 0.958 bits per heavy atom. The zero-order chi connectivity index (χ0) is 16.9. The molecule has 1 aliphatic carbocycles. The summed E-state index contributed by atoms with van der Waals surface area (Å²) in [5.41, 5.74) is 4.99. The molecule has 2 aromatic rings. The van der Waals surface area contributed by atoms with Gasteiger partial charge in [0, 0.05) is 35.0 Å². The summed E-state index contributed by atoms with van der Waals surface area (Å²) in [6.07, 6.45) is 5.21. The first kappa shape index (κ1) is 16.7. The minimum absolute atomic E-state index is 0.182. The Morgan fingerprint density at radius 2 is 1.58 bits per heavy atom. The number of amides is 2. The maximum Gasteiger partial charge on any atom is 0.315 e. The van der Waals surface area contributed by atoms with Crippen molar-refractivity contribution >= 4 is 16.8 Å². The van der Waals surface area contributed by atoms with Crippen molar-refractivity contribution in [2.75, 3.05) is 6.26 Å². The van der Waals surface area contributed by atoms with E-state index in [0.717, 1.165) is 22.4 Å². The van der Waals surface area contributed by atoms with Crippen LogP contribution in [0.4, 0.5) is 4.79 Å². The highest BCUT2D eigenvalue weighted by Gasteiger charge is 2.11. The maximum atomic E-state index is 11.9. The molecule has 0 saturated heterocycles. The molecule has 0 fully saturated rings. The van der Waals surface area contributed by atoms with Crippen LogP contribution in [0.5, 0.6) is 0 Å². The van der Waals surface area contributed by atoms with Crippen LogP contribution >= 0.6 is 0 Å². The Hall–Kier alpha value is -2.14. The van der Waals surface area contributed by atoms with E-state index < -0.39 is 10.8 Å². The quantitative estimate of drug-likeness (QED) is 0.878. The first-order chi connectivity index (χ1) is 11.6. The Balaban J connectivity index is 1.46. The third-order valence-electron chi connectivity index (χ3n) is 4.32. The van der Waals surface area contributed by atoms with Gasteiger partial charge in [0.15, 0.2) is 0 Å². The van der Waals surface area contributed by atoms with E-state index in [-0.39, 0.29) is 6.03 Å². The number of carbonyl (C=O) groups excluding carboxylic acids is 1. The largest absolute Gasteiger partial charge is 0.334 e. The fourth-order valence-corrected chi connectivity index (χ4v) is 3.48. The monoisotopic (exact) mass is 342 g/mol. The van der Waals surface area contributed by atoms with Crippen LogP contribution < -0.4 is 10.6 Å². The molecule has 0 radical (unpaired) electrons. The smallest absolute Gasteiger partial charge is 0.315 e. The van der Waals surface area contributed by atoms with Gasteiger partial charge in [0.1, 0.15) is 0 Å². The number of carbonyl (C=O) groups is 1. The molecule has 126 valence electrons. The predicted molar refractivity (Wildman–Crippen MR) is 96.3 cm³/mol. The minimum atomic E-state index is -0.974. The SMILES string of the molecule is C[S@](=O)c1ccc(CNC(=O)NCc2ccc3c(c2)CCC3)cc1. The average molecular weight is 342 g/mol. The Labute approximate surface area is 145 Å². The zero-order valence-electron chi connectivity index (χ0n) is 13.8. The van der Waals surface area contributed by atoms with E-state index in [4.69, 9.17) is 0 Å². The Morgan fingerprint density at radius 3 is 2.29 bits per heavy atom. The van der Waals surface area contributed by atoms with Crippen LogP contribution in [0.15, 0.2) is 47.4 Å². The van der Waals surface area contributed by atoms with E-state index in [1.807, 2.05) is 24.3 Å². The van der Waals surface area contributed by atoms with Gasteiger partial charge in [-0.25, -0.2) is 4.79 Å². The van der Waals surface area contributed by atoms with Gasteiger partial charge in [-0.1, -0.05) is 30.3 Å². The molecular weight excluding hydrogens is 320 g/mol. The van der Waals surface area contributed by atoms with Crippen LogP contribution in [0.2, 0.25) is 0 Å². The fourth-order valence-electron chi connectivity index (χ4n) is 2.96. The van der Waals surface area contributed by atoms with Crippen LogP contribution in [0.25, 0.3) is 0 Å². The number of aryl methyl sites for hydroxylation is 2. The van der Waals surface area contributed by atoms with Crippen LogP contribution in [0, 0.1) is 0 Å². The summed E-state index contributed by atoms with van der Waals surface area (Å²) in [6, 6.07) is 13.7. The summed E-state index contributed by atoms with van der Waals surface area (Å²) in [5.74, 6) is 0. The fraction of sp³-hybridized carbons (Fsp3) is 0.316. The molecule has 0 heterocycles. The normalized spacial score (nSPS) is 14.0.